The molecule has 2 aromatic heterocycles. The maximum Gasteiger partial charge on any atom is 0.405 e. The third-order valence-electron chi connectivity index (χ3n) is 3.85. The number of hydrogen-bond acceptors (Lipinski definition) is 6. The van der Waals surface area contributed by atoms with E-state index in [9.17, 15) is 4.79 Å². The van der Waals surface area contributed by atoms with Crippen molar-refractivity contribution in [3.63, 3.8) is 0 Å². The maximum atomic E-state index is 11.2. The monoisotopic (exact) mass is 358 g/mol. The van der Waals surface area contributed by atoms with Crippen molar-refractivity contribution in [2.24, 2.45) is 11.7 Å². The van der Waals surface area contributed by atoms with Crippen molar-refractivity contribution >= 4 is 6.09 Å². The number of nitrogens with zero attached hydrogens (tertiary/aromatic N) is 3. The molecule has 0 saturated carbocycles. The summed E-state index contributed by atoms with van der Waals surface area (Å²) in [7, 11) is 0. The number of hydrogen-bond donors (Lipinski definition) is 1. The van der Waals surface area contributed by atoms with E-state index in [-0.39, 0.29) is 6.61 Å². The van der Waals surface area contributed by atoms with E-state index in [1.807, 2.05) is 46.8 Å². The lowest BCUT2D eigenvalue weighted by Crippen LogP contribution is -2.41. The van der Waals surface area contributed by atoms with Gasteiger partial charge in [0, 0.05) is 5.69 Å². The Bertz CT molecular complexity index is 779. The number of aromatic nitrogens is 3. The molecule has 1 atom stereocenters. The fourth-order valence-corrected chi connectivity index (χ4v) is 2.90. The molecule has 7 heteroatoms. The van der Waals surface area contributed by atoms with Gasteiger partial charge in [0.05, 0.1) is 17.6 Å². The molecule has 0 aliphatic heterocycles. The van der Waals surface area contributed by atoms with Crippen LogP contribution < -0.4 is 10.5 Å². The van der Waals surface area contributed by atoms with E-state index in [1.54, 1.807) is 6.20 Å². The number of amides is 1. The van der Waals surface area contributed by atoms with Crippen molar-refractivity contribution in [2.45, 2.75) is 46.6 Å². The minimum atomic E-state index is -0.805. The van der Waals surface area contributed by atoms with Gasteiger partial charge in [0.15, 0.2) is 0 Å². The molecule has 0 aliphatic rings. The van der Waals surface area contributed by atoms with Crippen molar-refractivity contribution in [3.8, 4) is 17.1 Å². The Morgan fingerprint density at radius 1 is 1.19 bits per heavy atom. The summed E-state index contributed by atoms with van der Waals surface area (Å²) in [5, 5.41) is 0. The smallest absolute Gasteiger partial charge is 0.405 e. The second kappa shape index (κ2) is 8.12. The molecule has 2 aromatic rings. The lowest BCUT2D eigenvalue weighted by Gasteiger charge is -2.30. The molecule has 0 fully saturated rings. The van der Waals surface area contributed by atoms with Gasteiger partial charge in [-0.2, -0.15) is 0 Å². The molecule has 0 aromatic carbocycles. The number of rotatable bonds is 7. The summed E-state index contributed by atoms with van der Waals surface area (Å²) in [5.41, 5.74) is 7.71. The average Bonchev–Trinajstić information content (AvgIpc) is 2.52. The maximum absolute atomic E-state index is 11.2. The van der Waals surface area contributed by atoms with E-state index in [4.69, 9.17) is 15.2 Å². The van der Waals surface area contributed by atoms with Crippen LogP contribution in [0.4, 0.5) is 4.79 Å². The van der Waals surface area contributed by atoms with E-state index in [1.165, 1.54) is 6.33 Å². The molecule has 26 heavy (non-hydrogen) atoms. The number of nitrogens with two attached hydrogens (primary N) is 1. The Kier molecular flexibility index (Phi) is 6.13. The van der Waals surface area contributed by atoms with Crippen LogP contribution in [0.25, 0.3) is 11.4 Å². The first-order valence-electron chi connectivity index (χ1n) is 8.55. The molecule has 0 bridgehead atoms. The van der Waals surface area contributed by atoms with E-state index < -0.39 is 11.7 Å². The minimum absolute atomic E-state index is 0.197. The van der Waals surface area contributed by atoms with Crippen LogP contribution in [0.15, 0.2) is 24.7 Å². The Balaban J connectivity index is 2.15. The number of carbonyl (C=O) groups is 1. The minimum Gasteiger partial charge on any atom is -0.488 e. The summed E-state index contributed by atoms with van der Waals surface area (Å²) in [5.74, 6) is 0.952. The molecule has 140 valence electrons. The average molecular weight is 358 g/mol. The molecule has 7 nitrogen and oxygen atoms in total. The molecule has 0 spiro atoms. The van der Waals surface area contributed by atoms with Crippen LogP contribution >= 0.6 is 0 Å². The van der Waals surface area contributed by atoms with Crippen LogP contribution in [0.1, 0.15) is 38.4 Å². The second-order valence-electron chi connectivity index (χ2n) is 7.14. The topological polar surface area (TPSA) is 100 Å². The molecule has 0 saturated heterocycles. The Morgan fingerprint density at radius 2 is 1.88 bits per heavy atom. The zero-order valence-corrected chi connectivity index (χ0v) is 15.9. The summed E-state index contributed by atoms with van der Waals surface area (Å²) in [6.07, 6.45) is 3.01. The molecule has 1 amide bonds. The van der Waals surface area contributed by atoms with Gasteiger partial charge in [-0.1, -0.05) is 13.8 Å². The van der Waals surface area contributed by atoms with E-state index in [2.05, 4.69) is 15.0 Å². The van der Waals surface area contributed by atoms with Gasteiger partial charge in [-0.05, 0) is 50.8 Å². The number of ether oxygens (including phenoxy) is 2. The van der Waals surface area contributed by atoms with Gasteiger partial charge in [-0.15, -0.1) is 0 Å². The van der Waals surface area contributed by atoms with Gasteiger partial charge in [0.1, 0.15) is 24.3 Å². The zero-order valence-electron chi connectivity index (χ0n) is 15.9. The molecule has 0 radical (unpaired) electrons. The van der Waals surface area contributed by atoms with Crippen molar-refractivity contribution in [2.75, 3.05) is 6.61 Å². The van der Waals surface area contributed by atoms with Gasteiger partial charge in [-0.3, -0.25) is 4.98 Å². The highest BCUT2D eigenvalue weighted by Gasteiger charge is 2.30. The number of aryl methyl sites for hydroxylation is 2. The molecule has 2 heterocycles. The van der Waals surface area contributed by atoms with Crippen LogP contribution in [0.2, 0.25) is 0 Å². The lowest BCUT2D eigenvalue weighted by atomic mass is 9.95. The van der Waals surface area contributed by atoms with Crippen LogP contribution in [0.3, 0.4) is 0 Å². The Labute approximate surface area is 154 Å². The normalized spacial score (nSPS) is 13.3. The quantitative estimate of drug-likeness (QED) is 0.814. The van der Waals surface area contributed by atoms with E-state index in [0.29, 0.717) is 18.1 Å². The van der Waals surface area contributed by atoms with Crippen molar-refractivity contribution in [1.29, 1.82) is 0 Å². The lowest BCUT2D eigenvalue weighted by molar-refractivity contribution is -0.0188. The van der Waals surface area contributed by atoms with E-state index >= 15 is 0 Å². The summed E-state index contributed by atoms with van der Waals surface area (Å²) < 4.78 is 11.2. The molecule has 2 rings (SSSR count). The van der Waals surface area contributed by atoms with Gasteiger partial charge < -0.3 is 15.2 Å². The molecule has 2 N–H and O–H groups in total. The number of carbonyl (C=O) groups excluding carboxylic acids is 1. The SMILES string of the molecule is Cc1cc(-c2cc(C)c(OCC(C)(CC(C)C)OC(N)=O)cn2)ncn1. The summed E-state index contributed by atoms with van der Waals surface area (Å²) >= 11 is 0. The molecular formula is C19H26N4O3. The van der Waals surface area contributed by atoms with Gasteiger partial charge in [0.25, 0.3) is 0 Å². The molecular weight excluding hydrogens is 332 g/mol. The largest absolute Gasteiger partial charge is 0.488 e. The predicted molar refractivity (Wildman–Crippen MR) is 98.8 cm³/mol. The van der Waals surface area contributed by atoms with Crippen LogP contribution in [0, 0.1) is 19.8 Å². The van der Waals surface area contributed by atoms with Crippen molar-refractivity contribution < 1.29 is 14.3 Å². The third kappa shape index (κ3) is 5.40. The van der Waals surface area contributed by atoms with Crippen LogP contribution in [-0.4, -0.2) is 33.3 Å². The van der Waals surface area contributed by atoms with Crippen molar-refractivity contribution in [1.82, 2.24) is 15.0 Å². The summed E-state index contributed by atoms with van der Waals surface area (Å²) in [6.45, 7) is 9.95. The highest BCUT2D eigenvalue weighted by molar-refractivity contribution is 5.65. The standard InChI is InChI=1S/C19H26N4O3/c1-12(2)8-19(5,26-18(20)24)10-25-17-9-21-15(6-13(17)3)16-7-14(4)22-11-23-16/h6-7,9,11-12H,8,10H2,1-5H3,(H2,20,24). The van der Waals surface area contributed by atoms with Gasteiger partial charge in [0.2, 0.25) is 0 Å². The first-order chi connectivity index (χ1) is 12.2. The Hall–Kier alpha value is -2.70. The molecule has 0 aliphatic carbocycles. The van der Waals surface area contributed by atoms with Crippen LogP contribution in [0.5, 0.6) is 5.75 Å². The Morgan fingerprint density at radius 3 is 2.46 bits per heavy atom. The number of primary amides is 1. The number of pyridine rings is 1. The fourth-order valence-electron chi connectivity index (χ4n) is 2.90. The summed E-state index contributed by atoms with van der Waals surface area (Å²) in [6, 6.07) is 3.79. The predicted octanol–water partition coefficient (Wildman–Crippen LogP) is 3.43. The third-order valence-corrected chi connectivity index (χ3v) is 3.85. The summed E-state index contributed by atoms with van der Waals surface area (Å²) in [4.78, 5) is 24.0. The van der Waals surface area contributed by atoms with Gasteiger partial charge >= 0.3 is 6.09 Å². The highest BCUT2D eigenvalue weighted by atomic mass is 16.6. The van der Waals surface area contributed by atoms with Crippen molar-refractivity contribution in [3.05, 3.63) is 35.9 Å². The van der Waals surface area contributed by atoms with Gasteiger partial charge in [-0.25, -0.2) is 14.8 Å². The zero-order chi connectivity index (χ0) is 19.3. The fraction of sp³-hybridized carbons (Fsp3) is 0.474. The highest BCUT2D eigenvalue weighted by Crippen LogP contribution is 2.26. The van der Waals surface area contributed by atoms with E-state index in [0.717, 1.165) is 22.6 Å². The second-order valence-corrected chi connectivity index (χ2v) is 7.14. The first kappa shape index (κ1) is 19.6. The van der Waals surface area contributed by atoms with Crippen LogP contribution in [-0.2, 0) is 4.74 Å². The molecule has 1 unspecified atom stereocenters. The first-order valence-corrected chi connectivity index (χ1v) is 8.55.